The van der Waals surface area contributed by atoms with Crippen molar-refractivity contribution in [2.24, 2.45) is 0 Å². The van der Waals surface area contributed by atoms with Crippen LogP contribution in [0.2, 0.25) is 15.1 Å². The maximum atomic E-state index is 13.2. The van der Waals surface area contributed by atoms with Gasteiger partial charge in [0.15, 0.2) is 9.84 Å². The molecule has 9 heteroatoms. The average molecular weight is 470 g/mol. The minimum atomic E-state index is -3.78. The van der Waals surface area contributed by atoms with E-state index in [-0.39, 0.29) is 17.1 Å². The van der Waals surface area contributed by atoms with E-state index in [4.69, 9.17) is 34.8 Å². The van der Waals surface area contributed by atoms with Crippen molar-refractivity contribution in [3.05, 3.63) is 63.1 Å². The van der Waals surface area contributed by atoms with Gasteiger partial charge >= 0.3 is 0 Å². The average Bonchev–Trinajstić information content (AvgIpc) is 2.56. The van der Waals surface area contributed by atoms with E-state index in [0.717, 1.165) is 6.26 Å². The molecule has 2 aromatic carbocycles. The molecule has 27 heavy (non-hydrogen) atoms. The molecule has 1 unspecified atom stereocenters. The molecular weight excluding hydrogens is 451 g/mol. The third-order valence-electron chi connectivity index (χ3n) is 4.05. The second kappa shape index (κ2) is 9.14. The molecule has 0 saturated heterocycles. The highest BCUT2D eigenvalue weighted by atomic mass is 35.5. The Kier molecular flexibility index (Phi) is 7.62. The molecule has 0 aromatic heterocycles. The number of hydrogen-bond acceptors (Lipinski definition) is 4. The van der Waals surface area contributed by atoms with Crippen LogP contribution in [0.3, 0.4) is 0 Å². The van der Waals surface area contributed by atoms with Gasteiger partial charge in [0, 0.05) is 27.1 Å². The monoisotopic (exact) mass is 468 g/mol. The molecule has 0 aliphatic carbocycles. The number of sulfone groups is 2. The normalized spacial score (nSPS) is 13.5. The summed E-state index contributed by atoms with van der Waals surface area (Å²) in [6, 6.07) is 10.6. The van der Waals surface area contributed by atoms with Crippen LogP contribution in [0.25, 0.3) is 0 Å². The van der Waals surface area contributed by atoms with Gasteiger partial charge in [0.1, 0.15) is 9.84 Å². The zero-order valence-corrected chi connectivity index (χ0v) is 18.4. The van der Waals surface area contributed by atoms with Crippen molar-refractivity contribution in [3.63, 3.8) is 0 Å². The third-order valence-corrected chi connectivity index (χ3v) is 8.08. The molecule has 0 bridgehead atoms. The summed E-state index contributed by atoms with van der Waals surface area (Å²) in [6.45, 7) is 0. The quantitative estimate of drug-likeness (QED) is 0.487. The van der Waals surface area contributed by atoms with Crippen molar-refractivity contribution in [3.8, 4) is 0 Å². The van der Waals surface area contributed by atoms with Gasteiger partial charge in [-0.2, -0.15) is 0 Å². The molecule has 2 aromatic rings. The van der Waals surface area contributed by atoms with Crippen molar-refractivity contribution >= 4 is 54.5 Å². The van der Waals surface area contributed by atoms with Crippen LogP contribution in [0.1, 0.15) is 30.1 Å². The fourth-order valence-corrected chi connectivity index (χ4v) is 5.92. The summed E-state index contributed by atoms with van der Waals surface area (Å²) >= 11 is 18.2. The minimum Gasteiger partial charge on any atom is -0.229 e. The molecule has 0 aliphatic rings. The van der Waals surface area contributed by atoms with Gasteiger partial charge in [0.2, 0.25) is 0 Å². The molecule has 0 radical (unpaired) electrons. The maximum Gasteiger partial charge on any atom is 0.185 e. The molecule has 4 nitrogen and oxygen atoms in total. The van der Waals surface area contributed by atoms with Crippen molar-refractivity contribution in [1.82, 2.24) is 0 Å². The van der Waals surface area contributed by atoms with Gasteiger partial charge < -0.3 is 0 Å². The van der Waals surface area contributed by atoms with Crippen LogP contribution >= 0.6 is 34.8 Å². The Labute approximate surface area is 175 Å². The van der Waals surface area contributed by atoms with Crippen LogP contribution < -0.4 is 0 Å². The first-order chi connectivity index (χ1) is 12.5. The van der Waals surface area contributed by atoms with E-state index < -0.39 is 24.9 Å². The molecule has 148 valence electrons. The summed E-state index contributed by atoms with van der Waals surface area (Å²) in [4.78, 5) is 0.121. The lowest BCUT2D eigenvalue weighted by Gasteiger charge is -2.20. The minimum absolute atomic E-state index is 0.00396. The van der Waals surface area contributed by atoms with Gasteiger partial charge in [-0.3, -0.25) is 0 Å². The number of benzene rings is 2. The predicted molar refractivity (Wildman–Crippen MR) is 111 cm³/mol. The summed E-state index contributed by atoms with van der Waals surface area (Å²) in [5, 5.41) is 0.163. The molecule has 1 atom stereocenters. The summed E-state index contributed by atoms with van der Waals surface area (Å²) < 4.78 is 49.1. The fourth-order valence-electron chi connectivity index (χ4n) is 2.72. The molecule has 0 aliphatic heterocycles. The van der Waals surface area contributed by atoms with E-state index in [1.807, 2.05) is 0 Å². The standard InChI is InChI=1S/C18H19Cl3O4S2/c1-26(22,23)11-3-2-4-18(16-12-14(20)7-10-17(16)21)27(24,25)15-8-5-13(19)6-9-15/h5-10,12,18H,2-4,11H2,1H3. The van der Waals surface area contributed by atoms with E-state index in [0.29, 0.717) is 33.5 Å². The Morgan fingerprint density at radius 3 is 2.04 bits per heavy atom. The van der Waals surface area contributed by atoms with Crippen LogP contribution in [-0.4, -0.2) is 28.8 Å². The topological polar surface area (TPSA) is 68.3 Å². The number of rotatable bonds is 8. The summed E-state index contributed by atoms with van der Waals surface area (Å²) in [7, 11) is -6.88. The highest BCUT2D eigenvalue weighted by Gasteiger charge is 2.30. The zero-order valence-electron chi connectivity index (χ0n) is 14.5. The van der Waals surface area contributed by atoms with E-state index >= 15 is 0 Å². The summed E-state index contributed by atoms with van der Waals surface area (Å²) in [5.41, 5.74) is 0.401. The van der Waals surface area contributed by atoms with Crippen LogP contribution in [0, 0.1) is 0 Å². The smallest absolute Gasteiger partial charge is 0.185 e. The Balaban J connectivity index is 2.39. The van der Waals surface area contributed by atoms with Crippen molar-refractivity contribution in [2.75, 3.05) is 12.0 Å². The highest BCUT2D eigenvalue weighted by molar-refractivity contribution is 7.91. The largest absolute Gasteiger partial charge is 0.229 e. The first-order valence-corrected chi connectivity index (χ1v) is 12.9. The van der Waals surface area contributed by atoms with E-state index in [9.17, 15) is 16.8 Å². The molecule has 0 N–H and O–H groups in total. The maximum absolute atomic E-state index is 13.2. The van der Waals surface area contributed by atoms with Gasteiger partial charge in [-0.25, -0.2) is 16.8 Å². The SMILES string of the molecule is CS(=O)(=O)CCCCC(c1cc(Cl)ccc1Cl)S(=O)(=O)c1ccc(Cl)cc1. The van der Waals surface area contributed by atoms with Crippen LogP contribution in [0.4, 0.5) is 0 Å². The first-order valence-electron chi connectivity index (χ1n) is 8.13. The van der Waals surface area contributed by atoms with Gasteiger partial charge in [0.25, 0.3) is 0 Å². The van der Waals surface area contributed by atoms with Gasteiger partial charge in [-0.1, -0.05) is 41.2 Å². The van der Waals surface area contributed by atoms with Gasteiger partial charge in [0.05, 0.1) is 10.1 Å². The van der Waals surface area contributed by atoms with Gasteiger partial charge in [-0.15, -0.1) is 0 Å². The first kappa shape index (κ1) is 22.5. The zero-order chi connectivity index (χ0) is 20.2. The molecule has 0 fully saturated rings. The lowest BCUT2D eigenvalue weighted by atomic mass is 10.1. The summed E-state index contributed by atoms with van der Waals surface area (Å²) in [5.74, 6) is 0.00396. The molecular formula is C18H19Cl3O4S2. The second-order valence-corrected chi connectivity index (χ2v) is 11.9. The van der Waals surface area contributed by atoms with Crippen LogP contribution in [0.5, 0.6) is 0 Å². The van der Waals surface area contributed by atoms with Crippen molar-refractivity contribution < 1.29 is 16.8 Å². The Bertz CT molecular complexity index is 1000. The highest BCUT2D eigenvalue weighted by Crippen LogP contribution is 2.38. The van der Waals surface area contributed by atoms with E-state index in [1.165, 1.54) is 24.3 Å². The number of hydrogen-bond donors (Lipinski definition) is 0. The number of unbranched alkanes of at least 4 members (excludes halogenated alkanes) is 1. The Morgan fingerprint density at radius 2 is 1.44 bits per heavy atom. The molecule has 0 saturated carbocycles. The van der Waals surface area contributed by atoms with Crippen molar-refractivity contribution in [1.29, 1.82) is 0 Å². The molecule has 0 spiro atoms. The Morgan fingerprint density at radius 1 is 0.852 bits per heavy atom. The fraction of sp³-hybridized carbons (Fsp3) is 0.333. The molecule has 2 rings (SSSR count). The second-order valence-electron chi connectivity index (χ2n) is 6.28. The van der Waals surface area contributed by atoms with E-state index in [1.54, 1.807) is 18.2 Å². The van der Waals surface area contributed by atoms with Crippen LogP contribution in [-0.2, 0) is 19.7 Å². The molecule has 0 amide bonds. The lowest BCUT2D eigenvalue weighted by molar-refractivity contribution is 0.567. The molecule has 0 heterocycles. The summed E-state index contributed by atoms with van der Waals surface area (Å²) in [6.07, 6.45) is 2.15. The van der Waals surface area contributed by atoms with Gasteiger partial charge in [-0.05, 0) is 60.9 Å². The lowest BCUT2D eigenvalue weighted by Crippen LogP contribution is -2.15. The van der Waals surface area contributed by atoms with Crippen LogP contribution in [0.15, 0.2) is 47.4 Å². The predicted octanol–water partition coefficient (Wildman–Crippen LogP) is 5.38. The van der Waals surface area contributed by atoms with E-state index in [2.05, 4.69) is 0 Å². The van der Waals surface area contributed by atoms with Crippen molar-refractivity contribution in [2.45, 2.75) is 29.4 Å². The number of halogens is 3. The third kappa shape index (κ3) is 6.36. The Hall–Kier alpha value is -0.790.